The van der Waals surface area contributed by atoms with E-state index in [1.165, 1.54) is 38.1 Å². The van der Waals surface area contributed by atoms with Crippen LogP contribution in [0.4, 0.5) is 17.6 Å². The Labute approximate surface area is 244 Å². The summed E-state index contributed by atoms with van der Waals surface area (Å²) in [4.78, 5) is 55.5. The van der Waals surface area contributed by atoms with E-state index in [-0.39, 0.29) is 5.56 Å². The van der Waals surface area contributed by atoms with Gasteiger partial charge in [0.25, 0.3) is 17.8 Å². The van der Waals surface area contributed by atoms with Crippen LogP contribution in [0.2, 0.25) is 0 Å². The molecule has 0 saturated carbocycles. The van der Waals surface area contributed by atoms with Crippen LogP contribution in [0.5, 0.6) is 5.75 Å². The molecule has 7 unspecified atom stereocenters. The number of halogens is 4. The number of ether oxygens (including phenoxy) is 1. The smallest absolute Gasteiger partial charge is 0.312 e. The molecule has 2 heterocycles. The van der Waals surface area contributed by atoms with Gasteiger partial charge in [-0.3, -0.25) is 19.2 Å². The fourth-order valence-corrected chi connectivity index (χ4v) is 4.49. The Bertz CT molecular complexity index is 1400. The number of nitrogens with one attached hydrogen (secondary N) is 3. The molecular weight excluding hydrogens is 580 g/mol. The minimum atomic E-state index is -2.10. The molecule has 15 heteroatoms. The third-order valence-corrected chi connectivity index (χ3v) is 7.38. The number of carbonyl (C=O) groups is 4. The zero-order chi connectivity index (χ0) is 32.2. The number of pyridine rings is 1. The van der Waals surface area contributed by atoms with Crippen molar-refractivity contribution in [2.75, 3.05) is 0 Å². The number of hydrogen-bond acceptors (Lipinski definition) is 8. The second-order valence-corrected chi connectivity index (χ2v) is 10.4. The average molecular weight is 613 g/mol. The monoisotopic (exact) mass is 612 g/mol. The Balaban J connectivity index is 2.08. The zero-order valence-corrected chi connectivity index (χ0v) is 23.7. The number of amides is 3. The Morgan fingerprint density at radius 1 is 1.05 bits per heavy atom. The zero-order valence-electron chi connectivity index (χ0n) is 23.7. The van der Waals surface area contributed by atoms with Crippen molar-refractivity contribution in [1.82, 2.24) is 20.9 Å². The highest BCUT2D eigenvalue weighted by Crippen LogP contribution is 2.23. The summed E-state index contributed by atoms with van der Waals surface area (Å²) in [6.07, 6.45) is -3.99. The number of aromatic nitrogens is 1. The largest absolute Gasteiger partial charge is 0.507 e. The summed E-state index contributed by atoms with van der Waals surface area (Å²) in [5.41, 5.74) is -1.36. The van der Waals surface area contributed by atoms with Crippen LogP contribution in [0, 0.1) is 35.4 Å². The van der Waals surface area contributed by atoms with Crippen LogP contribution in [0.1, 0.15) is 50.0 Å². The molecule has 7 atom stereocenters. The lowest BCUT2D eigenvalue weighted by atomic mass is 9.91. The summed E-state index contributed by atoms with van der Waals surface area (Å²) >= 11 is 0. The first-order chi connectivity index (χ1) is 20.2. The number of phenolic OH excluding ortho intramolecular Hbond substituents is 1. The number of carbonyl (C=O) groups excluding carboxylic acids is 4. The first-order valence-corrected chi connectivity index (χ1v) is 13.4. The molecule has 234 valence electrons. The Kier molecular flexibility index (Phi) is 10.7. The van der Waals surface area contributed by atoms with Gasteiger partial charge in [-0.25, -0.2) is 4.39 Å². The number of aromatic hydroxyl groups is 1. The molecule has 1 saturated heterocycles. The van der Waals surface area contributed by atoms with Gasteiger partial charge in [0, 0.05) is 17.9 Å². The van der Waals surface area contributed by atoms with E-state index in [2.05, 4.69) is 20.9 Å². The van der Waals surface area contributed by atoms with E-state index >= 15 is 0 Å². The summed E-state index contributed by atoms with van der Waals surface area (Å²) in [6, 6.07) is 0.770. The van der Waals surface area contributed by atoms with E-state index in [9.17, 15) is 47.0 Å². The lowest BCUT2D eigenvalue weighted by molar-refractivity contribution is -0.167. The number of para-hydroxylation sites is 1. The molecule has 0 aliphatic carbocycles. The van der Waals surface area contributed by atoms with E-state index in [4.69, 9.17) is 4.74 Å². The van der Waals surface area contributed by atoms with E-state index in [1.54, 1.807) is 13.8 Å². The van der Waals surface area contributed by atoms with Crippen LogP contribution in [0.15, 0.2) is 24.3 Å². The molecule has 1 aromatic heterocycles. The highest BCUT2D eigenvalue weighted by molar-refractivity contribution is 6.00. The fraction of sp³-hybridized carbons (Fsp3) is 0.464. The number of aliphatic hydroxyl groups excluding tert-OH is 1. The van der Waals surface area contributed by atoms with Crippen molar-refractivity contribution in [2.24, 2.45) is 11.8 Å². The lowest BCUT2D eigenvalue weighted by Gasteiger charge is -2.34. The molecule has 1 aliphatic rings. The van der Waals surface area contributed by atoms with Gasteiger partial charge in [0.05, 0.1) is 29.7 Å². The maximum absolute atomic E-state index is 14.6. The molecule has 0 radical (unpaired) electrons. The van der Waals surface area contributed by atoms with Gasteiger partial charge in [-0.1, -0.05) is 26.0 Å². The maximum Gasteiger partial charge on any atom is 0.312 e. The first kappa shape index (κ1) is 33.2. The van der Waals surface area contributed by atoms with Crippen molar-refractivity contribution in [3.05, 3.63) is 58.9 Å². The van der Waals surface area contributed by atoms with Crippen LogP contribution in [0.3, 0.4) is 0 Å². The van der Waals surface area contributed by atoms with E-state index in [0.717, 1.165) is 0 Å². The minimum Gasteiger partial charge on any atom is -0.507 e. The summed E-state index contributed by atoms with van der Waals surface area (Å²) in [6.45, 7) is 5.84. The van der Waals surface area contributed by atoms with Crippen LogP contribution >= 0.6 is 0 Å². The second-order valence-electron chi connectivity index (χ2n) is 10.4. The van der Waals surface area contributed by atoms with Crippen LogP contribution in [-0.4, -0.2) is 69.2 Å². The molecule has 1 aromatic carbocycles. The van der Waals surface area contributed by atoms with Crippen LogP contribution in [-0.2, 0) is 25.5 Å². The lowest BCUT2D eigenvalue weighted by Crippen LogP contribution is -2.62. The molecular formula is C28H32F4N4O7. The maximum atomic E-state index is 14.6. The van der Waals surface area contributed by atoms with E-state index < -0.39 is 107 Å². The van der Waals surface area contributed by atoms with Crippen molar-refractivity contribution in [2.45, 2.75) is 70.9 Å². The second kappa shape index (κ2) is 13.8. The summed E-state index contributed by atoms with van der Waals surface area (Å²) in [7, 11) is 0. The molecule has 1 aliphatic heterocycles. The molecule has 3 amide bonds. The quantitative estimate of drug-likeness (QED) is 0.187. The number of rotatable bonds is 6. The highest BCUT2D eigenvalue weighted by atomic mass is 19.2. The van der Waals surface area contributed by atoms with Gasteiger partial charge in [0.15, 0.2) is 11.9 Å². The van der Waals surface area contributed by atoms with Crippen molar-refractivity contribution in [3.63, 3.8) is 0 Å². The molecule has 5 N–H and O–H groups in total. The number of benzene rings is 1. The third kappa shape index (κ3) is 7.39. The van der Waals surface area contributed by atoms with Gasteiger partial charge < -0.3 is 30.9 Å². The number of hydrogen-bond donors (Lipinski definition) is 5. The number of phenols is 1. The minimum absolute atomic E-state index is 0.228. The van der Waals surface area contributed by atoms with Gasteiger partial charge in [0.2, 0.25) is 17.7 Å². The van der Waals surface area contributed by atoms with Gasteiger partial charge in [-0.15, -0.1) is 0 Å². The predicted octanol–water partition coefficient (Wildman–Crippen LogP) is 1.64. The van der Waals surface area contributed by atoms with Crippen molar-refractivity contribution in [3.8, 4) is 5.75 Å². The summed E-state index contributed by atoms with van der Waals surface area (Å²) < 4.78 is 61.9. The topological polar surface area (TPSA) is 167 Å². The standard InChI is InChI=1S/C28H32F4N4O7/c1-5-11(2)22-27(41)33-13(4)20(35-25(39)14-8-6-7-9-17(14)37)26(40)34-16(21(38)12(3)28(42)43-22)10-15-18(29)19(30)24(32)36-23(15)31/h6-9,11-13,16,20-22,37-38H,5,10H2,1-4H3,(H,33,41)(H,34,40)(H,35,39). The Morgan fingerprint density at radius 3 is 2.33 bits per heavy atom. The summed E-state index contributed by atoms with van der Waals surface area (Å²) in [5.74, 6) is -14.3. The number of aliphatic hydroxyl groups is 1. The van der Waals surface area contributed by atoms with E-state index in [1.807, 2.05) is 0 Å². The Morgan fingerprint density at radius 2 is 1.70 bits per heavy atom. The van der Waals surface area contributed by atoms with Crippen molar-refractivity contribution < 1.29 is 51.7 Å². The van der Waals surface area contributed by atoms with Crippen LogP contribution < -0.4 is 16.0 Å². The molecule has 0 spiro atoms. The number of cyclic esters (lactones) is 1. The molecule has 43 heavy (non-hydrogen) atoms. The van der Waals surface area contributed by atoms with Gasteiger partial charge in [0.1, 0.15) is 11.8 Å². The highest BCUT2D eigenvalue weighted by Gasteiger charge is 2.41. The predicted molar refractivity (Wildman–Crippen MR) is 141 cm³/mol. The van der Waals surface area contributed by atoms with E-state index in [0.29, 0.717) is 6.42 Å². The average Bonchev–Trinajstić information content (AvgIpc) is 2.97. The molecule has 0 bridgehead atoms. The molecule has 3 rings (SSSR count). The fourth-order valence-electron chi connectivity index (χ4n) is 4.49. The van der Waals surface area contributed by atoms with Crippen LogP contribution in [0.25, 0.3) is 0 Å². The normalized spacial score (nSPS) is 25.8. The molecule has 1 fully saturated rings. The van der Waals surface area contributed by atoms with Gasteiger partial charge in [-0.05, 0) is 32.4 Å². The van der Waals surface area contributed by atoms with Crippen molar-refractivity contribution >= 4 is 23.7 Å². The first-order valence-electron chi connectivity index (χ1n) is 13.4. The molecule has 2 aromatic rings. The Hall–Kier alpha value is -4.27. The molecule has 11 nitrogen and oxygen atoms in total. The summed E-state index contributed by atoms with van der Waals surface area (Å²) in [5, 5.41) is 28.4. The van der Waals surface area contributed by atoms with Crippen molar-refractivity contribution in [1.29, 1.82) is 0 Å². The SMILES string of the molecule is CCC(C)C1OC(=O)C(C)C(O)C(Cc2c(F)nc(F)c(F)c2F)NC(=O)C(NC(=O)c2ccccc2O)C(C)NC1=O. The third-order valence-electron chi connectivity index (χ3n) is 7.38. The number of esters is 1. The number of nitrogens with zero attached hydrogens (tertiary/aromatic N) is 1. The van der Waals surface area contributed by atoms with Gasteiger partial charge in [-0.2, -0.15) is 18.2 Å². The van der Waals surface area contributed by atoms with Gasteiger partial charge >= 0.3 is 5.97 Å².